The van der Waals surface area contributed by atoms with Crippen molar-refractivity contribution >= 4 is 29.6 Å². The number of unbranched alkanes of at least 4 members (excludes halogenated alkanes) is 1. The average molecular weight is 473 g/mol. The van der Waals surface area contributed by atoms with Crippen molar-refractivity contribution in [2.24, 2.45) is 17.3 Å². The van der Waals surface area contributed by atoms with E-state index >= 15 is 0 Å². The summed E-state index contributed by atoms with van der Waals surface area (Å²) in [7, 11) is 2.74. The van der Waals surface area contributed by atoms with Gasteiger partial charge in [0.15, 0.2) is 0 Å². The highest BCUT2D eigenvalue weighted by Crippen LogP contribution is 2.22. The summed E-state index contributed by atoms with van der Waals surface area (Å²) in [5, 5.41) is 17.0. The second kappa shape index (κ2) is 14.5. The van der Waals surface area contributed by atoms with Crippen LogP contribution in [0.25, 0.3) is 0 Å². The summed E-state index contributed by atoms with van der Waals surface area (Å²) in [6.45, 7) is 9.07. The Morgan fingerprint density at radius 3 is 1.94 bits per heavy atom. The van der Waals surface area contributed by atoms with Gasteiger partial charge in [0.25, 0.3) is 5.91 Å². The number of carbonyl (C=O) groups excluding carboxylic acids is 5. The zero-order valence-electron chi connectivity index (χ0n) is 20.7. The standard InChI is InChI=1S/C22H40N4O7/c1-13(2)12-14(19(29)25-18(21(31)23-6)22(3,4)5)17(20(30)26-32)24-15(27)10-8-9-11-16(28)33-7/h13-14,17-18,32H,8-12H2,1-7H3,(H,23,31)(H,24,27)(H,25,29)(H,26,30)/t14-,17-,18+/m0/s1. The van der Waals surface area contributed by atoms with E-state index in [0.29, 0.717) is 12.8 Å². The van der Waals surface area contributed by atoms with Crippen molar-refractivity contribution in [3.63, 3.8) is 0 Å². The lowest BCUT2D eigenvalue weighted by Crippen LogP contribution is -2.59. The lowest BCUT2D eigenvalue weighted by atomic mass is 9.84. The topological polar surface area (TPSA) is 163 Å². The van der Waals surface area contributed by atoms with Gasteiger partial charge in [-0.3, -0.25) is 29.2 Å². The molecule has 0 aromatic carbocycles. The largest absolute Gasteiger partial charge is 0.469 e. The van der Waals surface area contributed by atoms with Gasteiger partial charge in [0.05, 0.1) is 13.0 Å². The third-order valence-electron chi connectivity index (χ3n) is 5.10. The Balaban J connectivity index is 5.58. The van der Waals surface area contributed by atoms with Gasteiger partial charge in [0.1, 0.15) is 12.1 Å². The number of ether oxygens (including phenoxy) is 1. The summed E-state index contributed by atoms with van der Waals surface area (Å²) >= 11 is 0. The fourth-order valence-electron chi connectivity index (χ4n) is 3.29. The van der Waals surface area contributed by atoms with Crippen LogP contribution >= 0.6 is 0 Å². The number of hydrogen-bond donors (Lipinski definition) is 5. The summed E-state index contributed by atoms with van der Waals surface area (Å²) in [4.78, 5) is 61.6. The van der Waals surface area contributed by atoms with E-state index in [9.17, 15) is 29.2 Å². The molecule has 4 amide bonds. The fourth-order valence-corrected chi connectivity index (χ4v) is 3.29. The van der Waals surface area contributed by atoms with Crippen molar-refractivity contribution in [1.29, 1.82) is 0 Å². The Labute approximate surface area is 195 Å². The Morgan fingerprint density at radius 2 is 1.48 bits per heavy atom. The minimum Gasteiger partial charge on any atom is -0.469 e. The molecule has 0 rings (SSSR count). The molecule has 190 valence electrons. The molecule has 0 fully saturated rings. The fraction of sp³-hybridized carbons (Fsp3) is 0.773. The van der Waals surface area contributed by atoms with Crippen LogP contribution < -0.4 is 21.4 Å². The van der Waals surface area contributed by atoms with Gasteiger partial charge in [-0.2, -0.15) is 0 Å². The van der Waals surface area contributed by atoms with E-state index in [1.165, 1.54) is 19.6 Å². The quantitative estimate of drug-likeness (QED) is 0.114. The van der Waals surface area contributed by atoms with Crippen LogP contribution in [0.15, 0.2) is 0 Å². The van der Waals surface area contributed by atoms with Gasteiger partial charge < -0.3 is 20.7 Å². The van der Waals surface area contributed by atoms with Crippen LogP contribution in [-0.4, -0.2) is 61.0 Å². The van der Waals surface area contributed by atoms with Gasteiger partial charge in [-0.15, -0.1) is 0 Å². The maximum atomic E-state index is 13.2. The van der Waals surface area contributed by atoms with Gasteiger partial charge in [-0.1, -0.05) is 34.6 Å². The molecule has 11 nitrogen and oxygen atoms in total. The monoisotopic (exact) mass is 472 g/mol. The number of amides is 4. The van der Waals surface area contributed by atoms with E-state index in [1.807, 2.05) is 13.8 Å². The molecule has 3 atom stereocenters. The van der Waals surface area contributed by atoms with E-state index in [4.69, 9.17) is 0 Å². The average Bonchev–Trinajstić information content (AvgIpc) is 2.74. The normalized spacial score (nSPS) is 14.0. The number of likely N-dealkylation sites (N-methyl/N-ethyl adjacent to an activating group) is 1. The second-order valence-corrected chi connectivity index (χ2v) is 9.46. The number of methoxy groups -OCH3 is 1. The Kier molecular flexibility index (Phi) is 13.3. The van der Waals surface area contributed by atoms with E-state index in [0.717, 1.165) is 0 Å². The molecule has 0 saturated heterocycles. The van der Waals surface area contributed by atoms with E-state index < -0.39 is 47.0 Å². The smallest absolute Gasteiger partial charge is 0.305 e. The van der Waals surface area contributed by atoms with E-state index in [2.05, 4.69) is 20.7 Å². The maximum absolute atomic E-state index is 13.2. The SMILES string of the molecule is CNC(=O)[C@@H](NC(=O)[C@@H](CC(C)C)[C@H](NC(=O)CCCCC(=O)OC)C(=O)NO)C(C)(C)C. The minimum atomic E-state index is -1.35. The summed E-state index contributed by atoms with van der Waals surface area (Å²) in [6.07, 6.45) is 1.20. The Bertz CT molecular complexity index is 689. The van der Waals surface area contributed by atoms with Crippen LogP contribution in [0.2, 0.25) is 0 Å². The second-order valence-electron chi connectivity index (χ2n) is 9.46. The molecular formula is C22H40N4O7. The summed E-state index contributed by atoms with van der Waals surface area (Å²) in [6, 6.07) is -2.23. The van der Waals surface area contributed by atoms with Gasteiger partial charge in [-0.25, -0.2) is 5.48 Å². The molecule has 0 aliphatic carbocycles. The van der Waals surface area contributed by atoms with Crippen molar-refractivity contribution in [2.45, 2.75) is 78.8 Å². The summed E-state index contributed by atoms with van der Waals surface area (Å²) < 4.78 is 4.55. The van der Waals surface area contributed by atoms with Crippen LogP contribution in [-0.2, 0) is 28.7 Å². The Hall–Kier alpha value is -2.69. The number of hydroxylamine groups is 1. The highest BCUT2D eigenvalue weighted by atomic mass is 16.5. The van der Waals surface area contributed by atoms with Crippen molar-refractivity contribution < 1.29 is 33.9 Å². The van der Waals surface area contributed by atoms with E-state index in [1.54, 1.807) is 20.8 Å². The molecule has 5 N–H and O–H groups in total. The number of hydrogen-bond acceptors (Lipinski definition) is 7. The van der Waals surface area contributed by atoms with Crippen molar-refractivity contribution in [1.82, 2.24) is 21.4 Å². The Morgan fingerprint density at radius 1 is 0.909 bits per heavy atom. The maximum Gasteiger partial charge on any atom is 0.305 e. The number of rotatable bonds is 13. The summed E-state index contributed by atoms with van der Waals surface area (Å²) in [5.74, 6) is -3.87. The first kappa shape index (κ1) is 30.3. The molecule has 0 saturated carbocycles. The highest BCUT2D eigenvalue weighted by molar-refractivity contribution is 5.95. The number of nitrogens with one attached hydrogen (secondary N) is 4. The lowest BCUT2D eigenvalue weighted by molar-refractivity contribution is -0.142. The molecule has 0 aromatic heterocycles. The number of carbonyl (C=O) groups is 5. The molecule has 0 unspecified atom stereocenters. The molecule has 0 aromatic rings. The van der Waals surface area contributed by atoms with Gasteiger partial charge in [0, 0.05) is 19.9 Å². The molecule has 0 aliphatic heterocycles. The minimum absolute atomic E-state index is 0.0189. The van der Waals surface area contributed by atoms with Gasteiger partial charge in [0.2, 0.25) is 17.7 Å². The molecule has 0 spiro atoms. The molecule has 0 bridgehead atoms. The molecule has 0 heterocycles. The van der Waals surface area contributed by atoms with Gasteiger partial charge in [-0.05, 0) is 30.6 Å². The third kappa shape index (κ3) is 11.1. The first-order valence-electron chi connectivity index (χ1n) is 11.1. The van der Waals surface area contributed by atoms with Crippen molar-refractivity contribution in [3.8, 4) is 0 Å². The highest BCUT2D eigenvalue weighted by Gasteiger charge is 2.39. The zero-order valence-corrected chi connectivity index (χ0v) is 20.7. The molecule has 11 heteroatoms. The van der Waals surface area contributed by atoms with Crippen LogP contribution in [0.1, 0.15) is 66.7 Å². The molecule has 0 aliphatic rings. The molecule has 0 radical (unpaired) electrons. The van der Waals surface area contributed by atoms with Crippen molar-refractivity contribution in [3.05, 3.63) is 0 Å². The zero-order chi connectivity index (χ0) is 25.8. The predicted molar refractivity (Wildman–Crippen MR) is 121 cm³/mol. The third-order valence-corrected chi connectivity index (χ3v) is 5.10. The molecular weight excluding hydrogens is 432 g/mol. The predicted octanol–water partition coefficient (Wildman–Crippen LogP) is 0.649. The summed E-state index contributed by atoms with van der Waals surface area (Å²) in [5.41, 5.74) is 0.897. The lowest BCUT2D eigenvalue weighted by Gasteiger charge is -2.33. The van der Waals surface area contributed by atoms with E-state index in [-0.39, 0.29) is 31.1 Å². The number of esters is 1. The van der Waals surface area contributed by atoms with Crippen LogP contribution in [0, 0.1) is 17.3 Å². The van der Waals surface area contributed by atoms with Crippen molar-refractivity contribution in [2.75, 3.05) is 14.2 Å². The van der Waals surface area contributed by atoms with Crippen LogP contribution in [0.4, 0.5) is 0 Å². The first-order valence-corrected chi connectivity index (χ1v) is 11.1. The van der Waals surface area contributed by atoms with Gasteiger partial charge >= 0.3 is 5.97 Å². The molecule has 33 heavy (non-hydrogen) atoms. The first-order chi connectivity index (χ1) is 15.3. The van der Waals surface area contributed by atoms with Crippen LogP contribution in [0.5, 0.6) is 0 Å². The van der Waals surface area contributed by atoms with Crippen LogP contribution in [0.3, 0.4) is 0 Å².